The Morgan fingerprint density at radius 1 is 1.64 bits per heavy atom. The van der Waals surface area contributed by atoms with E-state index in [0.717, 1.165) is 6.07 Å². The number of nitrogens with zero attached hydrogens (tertiary/aromatic N) is 2. The van der Waals surface area contributed by atoms with Gasteiger partial charge in [-0.2, -0.15) is 5.26 Å². The Morgan fingerprint density at radius 3 is 2.71 bits per heavy atom. The van der Waals surface area contributed by atoms with Crippen LogP contribution in [0.25, 0.3) is 0 Å². The van der Waals surface area contributed by atoms with Crippen LogP contribution in [0, 0.1) is 11.3 Å². The maximum absolute atomic E-state index is 12.4. The molecule has 1 heterocycles. The first-order chi connectivity index (χ1) is 6.60. The van der Waals surface area contributed by atoms with Gasteiger partial charge >= 0.3 is 0 Å². The van der Waals surface area contributed by atoms with Crippen LogP contribution in [0.3, 0.4) is 0 Å². The molecule has 0 atom stereocenters. The summed E-state index contributed by atoms with van der Waals surface area (Å²) in [5.74, 6) is 0.0000463. The Morgan fingerprint density at radius 2 is 2.29 bits per heavy atom. The minimum absolute atomic E-state index is 0.0000463. The lowest BCUT2D eigenvalue weighted by Gasteiger charge is -2.06. The molecule has 0 saturated heterocycles. The lowest BCUT2D eigenvalue weighted by Crippen LogP contribution is -1.97. The molecule has 1 aromatic rings. The Hall–Kier alpha value is -1.22. The van der Waals surface area contributed by atoms with Gasteiger partial charge in [0.1, 0.15) is 6.07 Å². The van der Waals surface area contributed by atoms with Crippen molar-refractivity contribution in [3.8, 4) is 11.9 Å². The monoisotopic (exact) mass is 262 g/mol. The Bertz CT molecular complexity index is 390. The summed E-state index contributed by atoms with van der Waals surface area (Å²) in [5, 5.41) is 8.60. The number of hydrogen-bond donors (Lipinski definition) is 0. The van der Waals surface area contributed by atoms with Crippen LogP contribution >= 0.6 is 15.9 Å². The molecule has 0 N–H and O–H groups in total. The standard InChI is InChI=1S/C8H5BrF2N2O/c1-14-6-2-4(8(10)11)7(9)5(3-12)13-6/h2,8H,1H3. The first-order valence-electron chi connectivity index (χ1n) is 3.52. The second kappa shape index (κ2) is 4.33. The van der Waals surface area contributed by atoms with Crippen molar-refractivity contribution in [2.45, 2.75) is 6.43 Å². The highest BCUT2D eigenvalue weighted by atomic mass is 79.9. The third-order valence-electron chi connectivity index (χ3n) is 1.51. The number of hydrogen-bond acceptors (Lipinski definition) is 3. The van der Waals surface area contributed by atoms with Gasteiger partial charge in [0, 0.05) is 11.6 Å². The lowest BCUT2D eigenvalue weighted by atomic mass is 10.2. The van der Waals surface area contributed by atoms with E-state index in [-0.39, 0.29) is 21.6 Å². The van der Waals surface area contributed by atoms with E-state index >= 15 is 0 Å². The molecule has 1 aromatic heterocycles. The molecule has 0 aliphatic carbocycles. The van der Waals surface area contributed by atoms with Crippen molar-refractivity contribution in [1.29, 1.82) is 5.26 Å². The number of pyridine rings is 1. The summed E-state index contributed by atoms with van der Waals surface area (Å²) in [6.45, 7) is 0. The van der Waals surface area contributed by atoms with Crippen molar-refractivity contribution in [1.82, 2.24) is 4.98 Å². The highest BCUT2D eigenvalue weighted by Gasteiger charge is 2.17. The molecule has 0 aromatic carbocycles. The number of ether oxygens (including phenoxy) is 1. The average molecular weight is 263 g/mol. The number of aromatic nitrogens is 1. The van der Waals surface area contributed by atoms with Crippen LogP contribution in [0.15, 0.2) is 10.5 Å². The lowest BCUT2D eigenvalue weighted by molar-refractivity contribution is 0.150. The highest BCUT2D eigenvalue weighted by Crippen LogP contribution is 2.31. The van der Waals surface area contributed by atoms with Crippen LogP contribution in [0.5, 0.6) is 5.88 Å². The first kappa shape index (κ1) is 10.9. The van der Waals surface area contributed by atoms with Crippen LogP contribution in [0.2, 0.25) is 0 Å². The topological polar surface area (TPSA) is 45.9 Å². The minimum atomic E-state index is -2.67. The van der Waals surface area contributed by atoms with Gasteiger partial charge in [-0.15, -0.1) is 0 Å². The molecule has 0 spiro atoms. The van der Waals surface area contributed by atoms with Gasteiger partial charge < -0.3 is 4.74 Å². The van der Waals surface area contributed by atoms with Crippen molar-refractivity contribution in [2.24, 2.45) is 0 Å². The van der Waals surface area contributed by atoms with E-state index in [1.807, 2.05) is 0 Å². The summed E-state index contributed by atoms with van der Waals surface area (Å²) in [6.07, 6.45) is -2.67. The Balaban J connectivity index is 3.36. The molecule has 14 heavy (non-hydrogen) atoms. The Kier molecular flexibility index (Phi) is 3.36. The zero-order chi connectivity index (χ0) is 10.7. The van der Waals surface area contributed by atoms with E-state index in [4.69, 9.17) is 5.26 Å². The Labute approximate surface area is 87.5 Å². The molecule has 0 radical (unpaired) electrons. The molecule has 1 rings (SSSR count). The number of nitriles is 1. The molecule has 0 saturated carbocycles. The molecule has 3 nitrogen and oxygen atoms in total. The minimum Gasteiger partial charge on any atom is -0.481 e. The molecule has 0 aliphatic heterocycles. The van der Waals surface area contributed by atoms with Crippen LogP contribution in [0.4, 0.5) is 8.78 Å². The molecule has 0 bridgehead atoms. The van der Waals surface area contributed by atoms with Crippen molar-refractivity contribution in [3.63, 3.8) is 0 Å². The SMILES string of the molecule is COc1cc(C(F)F)c(Br)c(C#N)n1. The van der Waals surface area contributed by atoms with Gasteiger partial charge in [-0.3, -0.25) is 0 Å². The molecule has 0 unspecified atom stereocenters. The van der Waals surface area contributed by atoms with Crippen molar-refractivity contribution >= 4 is 15.9 Å². The van der Waals surface area contributed by atoms with Gasteiger partial charge in [0.2, 0.25) is 5.88 Å². The fourth-order valence-corrected chi connectivity index (χ4v) is 1.33. The summed E-state index contributed by atoms with van der Waals surface area (Å²) in [6, 6.07) is 2.79. The smallest absolute Gasteiger partial charge is 0.265 e. The zero-order valence-electron chi connectivity index (χ0n) is 7.09. The summed E-state index contributed by atoms with van der Waals surface area (Å²) in [4.78, 5) is 3.69. The fourth-order valence-electron chi connectivity index (χ4n) is 0.862. The third kappa shape index (κ3) is 1.99. The molecular formula is C8H5BrF2N2O. The zero-order valence-corrected chi connectivity index (χ0v) is 8.68. The molecule has 0 aliphatic rings. The molecule has 74 valence electrons. The maximum Gasteiger partial charge on any atom is 0.265 e. The van der Waals surface area contributed by atoms with Gasteiger partial charge in [-0.05, 0) is 15.9 Å². The van der Waals surface area contributed by atoms with E-state index in [9.17, 15) is 8.78 Å². The normalized spacial score (nSPS) is 10.0. The number of methoxy groups -OCH3 is 1. The number of alkyl halides is 2. The van der Waals surface area contributed by atoms with Gasteiger partial charge in [0.05, 0.1) is 11.6 Å². The van der Waals surface area contributed by atoms with Crippen LogP contribution in [-0.2, 0) is 0 Å². The predicted molar refractivity (Wildman–Crippen MR) is 48.2 cm³/mol. The van der Waals surface area contributed by atoms with E-state index in [1.54, 1.807) is 6.07 Å². The number of rotatable bonds is 2. The average Bonchev–Trinajstić information content (AvgIpc) is 2.17. The third-order valence-corrected chi connectivity index (χ3v) is 2.35. The van der Waals surface area contributed by atoms with Crippen LogP contribution < -0.4 is 4.74 Å². The second-order valence-electron chi connectivity index (χ2n) is 2.33. The van der Waals surface area contributed by atoms with Crippen molar-refractivity contribution < 1.29 is 13.5 Å². The molecular weight excluding hydrogens is 258 g/mol. The predicted octanol–water partition coefficient (Wildman–Crippen LogP) is 2.66. The molecule has 6 heteroatoms. The van der Waals surface area contributed by atoms with Crippen molar-refractivity contribution in [3.05, 3.63) is 21.8 Å². The molecule has 0 fully saturated rings. The maximum atomic E-state index is 12.4. The first-order valence-corrected chi connectivity index (χ1v) is 4.32. The van der Waals surface area contributed by atoms with Gasteiger partial charge in [-0.1, -0.05) is 0 Å². The summed E-state index contributed by atoms with van der Waals surface area (Å²) in [7, 11) is 1.30. The van der Waals surface area contributed by atoms with Gasteiger partial charge in [-0.25, -0.2) is 13.8 Å². The summed E-state index contributed by atoms with van der Waals surface area (Å²) < 4.78 is 29.6. The highest BCUT2D eigenvalue weighted by molar-refractivity contribution is 9.10. The van der Waals surface area contributed by atoms with Gasteiger partial charge in [0.25, 0.3) is 6.43 Å². The quantitative estimate of drug-likeness (QED) is 0.823. The van der Waals surface area contributed by atoms with E-state index in [0.29, 0.717) is 0 Å². The van der Waals surface area contributed by atoms with Crippen molar-refractivity contribution in [2.75, 3.05) is 7.11 Å². The van der Waals surface area contributed by atoms with E-state index in [2.05, 4.69) is 25.7 Å². The largest absolute Gasteiger partial charge is 0.481 e. The summed E-state index contributed by atoms with van der Waals surface area (Å²) >= 11 is 2.88. The number of halogens is 3. The van der Waals surface area contributed by atoms with E-state index < -0.39 is 6.43 Å². The van der Waals surface area contributed by atoms with Crippen LogP contribution in [-0.4, -0.2) is 12.1 Å². The van der Waals surface area contributed by atoms with Gasteiger partial charge in [0.15, 0.2) is 5.69 Å². The summed E-state index contributed by atoms with van der Waals surface area (Å²) in [5.41, 5.74) is -0.409. The second-order valence-corrected chi connectivity index (χ2v) is 3.12. The fraction of sp³-hybridized carbons (Fsp3) is 0.250. The van der Waals surface area contributed by atoms with E-state index in [1.165, 1.54) is 7.11 Å². The molecule has 0 amide bonds. The van der Waals surface area contributed by atoms with Crippen LogP contribution in [0.1, 0.15) is 17.7 Å².